The van der Waals surface area contributed by atoms with Gasteiger partial charge in [-0.15, -0.1) is 10.2 Å². The van der Waals surface area contributed by atoms with Crippen LogP contribution >= 0.6 is 0 Å². The number of carbonyl (C=O) groups excluding carboxylic acids is 1. The molecular formula is C24H23FN8O. The van der Waals surface area contributed by atoms with Gasteiger partial charge in [0.2, 0.25) is 17.5 Å². The lowest BCUT2D eigenvalue weighted by Gasteiger charge is -2.35. The fourth-order valence-electron chi connectivity index (χ4n) is 3.86. The molecule has 4 aromatic rings. The first-order valence-corrected chi connectivity index (χ1v) is 11.0. The largest absolute Gasteiger partial charge is 0.351 e. The van der Waals surface area contributed by atoms with Crippen LogP contribution in [0, 0.1) is 5.82 Å². The number of piperazine rings is 1. The van der Waals surface area contributed by atoms with Gasteiger partial charge >= 0.3 is 0 Å². The number of benzene rings is 2. The Hall–Kier alpha value is -4.21. The lowest BCUT2D eigenvalue weighted by atomic mass is 10.2. The van der Waals surface area contributed by atoms with Crippen LogP contribution in [0.5, 0.6) is 0 Å². The van der Waals surface area contributed by atoms with Crippen molar-refractivity contribution in [3.63, 3.8) is 0 Å². The van der Waals surface area contributed by atoms with Crippen LogP contribution < -0.4 is 10.2 Å². The van der Waals surface area contributed by atoms with Crippen molar-refractivity contribution >= 4 is 28.8 Å². The van der Waals surface area contributed by atoms with Crippen LogP contribution in [0.15, 0.2) is 54.6 Å². The monoisotopic (exact) mass is 458 g/mol. The Morgan fingerprint density at radius 2 is 1.68 bits per heavy atom. The maximum atomic E-state index is 13.4. The van der Waals surface area contributed by atoms with E-state index in [1.54, 1.807) is 19.1 Å². The Bertz CT molecular complexity index is 1310. The van der Waals surface area contributed by atoms with Crippen molar-refractivity contribution in [2.24, 2.45) is 0 Å². The van der Waals surface area contributed by atoms with E-state index in [1.807, 2.05) is 35.2 Å². The Morgan fingerprint density at radius 1 is 0.941 bits per heavy atom. The molecule has 5 rings (SSSR count). The van der Waals surface area contributed by atoms with E-state index in [4.69, 9.17) is 9.97 Å². The third kappa shape index (κ3) is 4.61. The van der Waals surface area contributed by atoms with Gasteiger partial charge in [0.25, 0.3) is 0 Å². The van der Waals surface area contributed by atoms with Gasteiger partial charge in [-0.05, 0) is 29.8 Å². The van der Waals surface area contributed by atoms with Gasteiger partial charge in [-0.25, -0.2) is 9.37 Å². The third-order valence-electron chi connectivity index (χ3n) is 5.72. The number of aromatic nitrogens is 5. The van der Waals surface area contributed by atoms with E-state index >= 15 is 0 Å². The van der Waals surface area contributed by atoms with Gasteiger partial charge in [-0.1, -0.05) is 30.3 Å². The lowest BCUT2D eigenvalue weighted by molar-refractivity contribution is -0.129. The normalized spacial score (nSPS) is 13.8. The first kappa shape index (κ1) is 21.6. The molecule has 1 amide bonds. The molecule has 9 nitrogen and oxygen atoms in total. The molecular weight excluding hydrogens is 435 g/mol. The standard InChI is InChI=1S/C24H23FN8O/c1-16(34)32-11-13-33(14-12-32)23-20-22(28-24(29-23)26-15-17-5-3-2-4-6-17)31-30-21(27-20)18-7-9-19(25)10-8-18/h2-10H,11-15H2,1H3,(H,26,28,29,31). The van der Waals surface area contributed by atoms with Crippen molar-refractivity contribution in [1.29, 1.82) is 0 Å². The van der Waals surface area contributed by atoms with Crippen molar-refractivity contribution in [2.75, 3.05) is 36.4 Å². The number of halogens is 1. The van der Waals surface area contributed by atoms with Gasteiger partial charge in [-0.3, -0.25) is 4.79 Å². The highest BCUT2D eigenvalue weighted by Gasteiger charge is 2.24. The zero-order valence-corrected chi connectivity index (χ0v) is 18.6. The molecule has 0 saturated carbocycles. The summed E-state index contributed by atoms with van der Waals surface area (Å²) in [5, 5.41) is 11.8. The fraction of sp³-hybridized carbons (Fsp3) is 0.250. The van der Waals surface area contributed by atoms with Gasteiger partial charge in [0.1, 0.15) is 5.82 Å². The van der Waals surface area contributed by atoms with E-state index < -0.39 is 0 Å². The molecule has 34 heavy (non-hydrogen) atoms. The van der Waals surface area contributed by atoms with Crippen molar-refractivity contribution in [3.8, 4) is 11.4 Å². The van der Waals surface area contributed by atoms with Crippen molar-refractivity contribution in [3.05, 3.63) is 66.0 Å². The van der Waals surface area contributed by atoms with Crippen LogP contribution in [0.1, 0.15) is 12.5 Å². The van der Waals surface area contributed by atoms with Crippen LogP contribution in [0.2, 0.25) is 0 Å². The Labute approximate surface area is 195 Å². The minimum Gasteiger partial charge on any atom is -0.351 e. The second-order valence-electron chi connectivity index (χ2n) is 8.02. The molecule has 1 aliphatic rings. The topological polar surface area (TPSA) is 100 Å². The number of rotatable bonds is 5. The average Bonchev–Trinajstić information content (AvgIpc) is 2.88. The number of anilines is 2. The van der Waals surface area contributed by atoms with Crippen molar-refractivity contribution < 1.29 is 9.18 Å². The van der Waals surface area contributed by atoms with Gasteiger partial charge < -0.3 is 15.1 Å². The molecule has 0 spiro atoms. The molecule has 172 valence electrons. The number of amides is 1. The van der Waals surface area contributed by atoms with E-state index in [1.165, 1.54) is 12.1 Å². The number of fused-ring (bicyclic) bond motifs is 1. The first-order valence-electron chi connectivity index (χ1n) is 11.0. The molecule has 0 unspecified atom stereocenters. The molecule has 10 heteroatoms. The molecule has 2 aromatic heterocycles. The number of hydrogen-bond acceptors (Lipinski definition) is 8. The van der Waals surface area contributed by atoms with Crippen molar-refractivity contribution in [2.45, 2.75) is 13.5 Å². The highest BCUT2D eigenvalue weighted by atomic mass is 19.1. The van der Waals surface area contributed by atoms with Gasteiger partial charge in [0.15, 0.2) is 17.2 Å². The summed E-state index contributed by atoms with van der Waals surface area (Å²) in [7, 11) is 0. The van der Waals surface area contributed by atoms with Crippen LogP contribution in [0.25, 0.3) is 22.6 Å². The van der Waals surface area contributed by atoms with Gasteiger partial charge in [-0.2, -0.15) is 9.97 Å². The summed E-state index contributed by atoms with van der Waals surface area (Å²) in [6, 6.07) is 15.9. The summed E-state index contributed by atoms with van der Waals surface area (Å²) in [5.74, 6) is 1.14. The Balaban J connectivity index is 1.51. The molecule has 1 fully saturated rings. The summed E-state index contributed by atoms with van der Waals surface area (Å²) in [5.41, 5.74) is 2.62. The van der Waals surface area contributed by atoms with Crippen LogP contribution in [-0.2, 0) is 11.3 Å². The summed E-state index contributed by atoms with van der Waals surface area (Å²) in [4.78, 5) is 29.7. The fourth-order valence-corrected chi connectivity index (χ4v) is 3.86. The van der Waals surface area contributed by atoms with E-state index in [-0.39, 0.29) is 11.7 Å². The summed E-state index contributed by atoms with van der Waals surface area (Å²) in [6.45, 7) is 4.54. The van der Waals surface area contributed by atoms with E-state index in [0.29, 0.717) is 67.0 Å². The molecule has 1 N–H and O–H groups in total. The molecule has 3 heterocycles. The van der Waals surface area contributed by atoms with Crippen molar-refractivity contribution in [1.82, 2.24) is 30.0 Å². The smallest absolute Gasteiger partial charge is 0.227 e. The second kappa shape index (κ2) is 9.34. The predicted molar refractivity (Wildman–Crippen MR) is 127 cm³/mol. The van der Waals surface area contributed by atoms with E-state index in [9.17, 15) is 9.18 Å². The Morgan fingerprint density at radius 3 is 2.38 bits per heavy atom. The average molecular weight is 459 g/mol. The predicted octanol–water partition coefficient (Wildman–Crippen LogP) is 2.90. The number of hydrogen-bond donors (Lipinski definition) is 1. The lowest BCUT2D eigenvalue weighted by Crippen LogP contribution is -2.48. The summed E-state index contributed by atoms with van der Waals surface area (Å²) in [6.07, 6.45) is 0. The molecule has 2 aromatic carbocycles. The van der Waals surface area contributed by atoms with E-state index in [0.717, 1.165) is 5.56 Å². The minimum atomic E-state index is -0.334. The van der Waals surface area contributed by atoms with E-state index in [2.05, 4.69) is 25.4 Å². The van der Waals surface area contributed by atoms with Crippen LogP contribution in [0.4, 0.5) is 16.2 Å². The molecule has 0 bridgehead atoms. The highest BCUT2D eigenvalue weighted by Crippen LogP contribution is 2.26. The quantitative estimate of drug-likeness (QED) is 0.487. The zero-order valence-electron chi connectivity index (χ0n) is 18.6. The first-order chi connectivity index (χ1) is 16.6. The molecule has 1 aliphatic heterocycles. The number of carbonyl (C=O) groups is 1. The van der Waals surface area contributed by atoms with Gasteiger partial charge in [0.05, 0.1) is 0 Å². The zero-order chi connectivity index (χ0) is 23.5. The maximum Gasteiger partial charge on any atom is 0.227 e. The minimum absolute atomic E-state index is 0.0556. The molecule has 0 radical (unpaired) electrons. The molecule has 0 atom stereocenters. The van der Waals surface area contributed by atoms with Crippen LogP contribution in [0.3, 0.4) is 0 Å². The SMILES string of the molecule is CC(=O)N1CCN(c2nc(NCc3ccccc3)nc3nnc(-c4ccc(F)cc4)nc23)CC1. The summed E-state index contributed by atoms with van der Waals surface area (Å²) >= 11 is 0. The number of nitrogens with one attached hydrogen (secondary N) is 1. The second-order valence-corrected chi connectivity index (χ2v) is 8.02. The molecule has 0 aliphatic carbocycles. The Kier molecular flexibility index (Phi) is 5.94. The molecule has 1 saturated heterocycles. The van der Waals surface area contributed by atoms with Gasteiger partial charge in [0, 0.05) is 45.2 Å². The summed E-state index contributed by atoms with van der Waals surface area (Å²) < 4.78 is 13.4. The highest BCUT2D eigenvalue weighted by molar-refractivity contribution is 5.85. The third-order valence-corrected chi connectivity index (χ3v) is 5.72. The maximum absolute atomic E-state index is 13.4. The van der Waals surface area contributed by atoms with Crippen LogP contribution in [-0.4, -0.2) is 62.1 Å². The number of nitrogens with zero attached hydrogens (tertiary/aromatic N) is 7.